The average Bonchev–Trinajstić information content (AvgIpc) is 2.81. The number of ether oxygens (including phenoxy) is 2. The van der Waals surface area contributed by atoms with Gasteiger partial charge in [0.05, 0.1) is 11.6 Å². The summed E-state index contributed by atoms with van der Waals surface area (Å²) in [4.78, 5) is 27.1. The Bertz CT molecular complexity index is 785. The third-order valence-electron chi connectivity index (χ3n) is 3.45. The first kappa shape index (κ1) is 18.0. The SMILES string of the molecule is CCOC(=O)c1[nH]c(C)c(C(=O)COc2ccc(F)cc2Cl)c1C. The highest BCUT2D eigenvalue weighted by Crippen LogP contribution is 2.26. The smallest absolute Gasteiger partial charge is 0.355 e. The third kappa shape index (κ3) is 3.76. The summed E-state index contributed by atoms with van der Waals surface area (Å²) in [5, 5.41) is 0.0810. The molecule has 0 fully saturated rings. The molecule has 0 atom stereocenters. The number of aryl methyl sites for hydroxylation is 1. The molecule has 0 saturated carbocycles. The minimum Gasteiger partial charge on any atom is -0.484 e. The molecule has 0 aliphatic carbocycles. The van der Waals surface area contributed by atoms with Crippen LogP contribution in [0.4, 0.5) is 4.39 Å². The van der Waals surface area contributed by atoms with Gasteiger partial charge in [0.25, 0.3) is 0 Å². The summed E-state index contributed by atoms with van der Waals surface area (Å²) in [6, 6.07) is 3.65. The number of aromatic amines is 1. The van der Waals surface area contributed by atoms with Crippen LogP contribution >= 0.6 is 11.6 Å². The molecule has 0 radical (unpaired) electrons. The van der Waals surface area contributed by atoms with E-state index in [0.717, 1.165) is 6.07 Å². The number of halogens is 2. The van der Waals surface area contributed by atoms with Crippen molar-refractivity contribution < 1.29 is 23.5 Å². The Labute approximate surface area is 143 Å². The van der Waals surface area contributed by atoms with E-state index in [9.17, 15) is 14.0 Å². The van der Waals surface area contributed by atoms with Crippen LogP contribution in [-0.2, 0) is 4.74 Å². The number of hydrogen-bond acceptors (Lipinski definition) is 4. The lowest BCUT2D eigenvalue weighted by Crippen LogP contribution is -2.14. The first-order chi connectivity index (χ1) is 11.3. The standard InChI is InChI=1S/C17H17ClFNO4/c1-4-23-17(22)16-9(2)15(10(3)20-16)13(21)8-24-14-6-5-11(19)7-12(14)18/h5-7,20H,4,8H2,1-3H3. The zero-order chi connectivity index (χ0) is 17.9. The summed E-state index contributed by atoms with van der Waals surface area (Å²) in [5.74, 6) is -1.12. The van der Waals surface area contributed by atoms with Gasteiger partial charge >= 0.3 is 5.97 Å². The van der Waals surface area contributed by atoms with Crippen molar-refractivity contribution in [3.8, 4) is 5.75 Å². The molecule has 0 aliphatic rings. The van der Waals surface area contributed by atoms with Crippen LogP contribution in [0.15, 0.2) is 18.2 Å². The molecule has 0 saturated heterocycles. The van der Waals surface area contributed by atoms with Crippen LogP contribution in [-0.4, -0.2) is 30.0 Å². The molecule has 1 N–H and O–H groups in total. The zero-order valence-electron chi connectivity index (χ0n) is 13.5. The van der Waals surface area contributed by atoms with Crippen molar-refractivity contribution in [3.05, 3.63) is 51.6 Å². The molecule has 5 nitrogen and oxygen atoms in total. The van der Waals surface area contributed by atoms with Crippen molar-refractivity contribution in [1.29, 1.82) is 0 Å². The van der Waals surface area contributed by atoms with Crippen LogP contribution in [0.25, 0.3) is 0 Å². The first-order valence-corrected chi connectivity index (χ1v) is 7.70. The Morgan fingerprint density at radius 2 is 2.00 bits per heavy atom. The number of carbonyl (C=O) groups excluding carboxylic acids is 2. The lowest BCUT2D eigenvalue weighted by molar-refractivity contribution is 0.0519. The topological polar surface area (TPSA) is 68.4 Å². The molecule has 2 aromatic rings. The quantitative estimate of drug-likeness (QED) is 0.632. The summed E-state index contributed by atoms with van der Waals surface area (Å²) in [7, 11) is 0. The minimum absolute atomic E-state index is 0.0810. The monoisotopic (exact) mass is 353 g/mol. The maximum Gasteiger partial charge on any atom is 0.355 e. The van der Waals surface area contributed by atoms with Gasteiger partial charge in [-0.2, -0.15) is 0 Å². The van der Waals surface area contributed by atoms with Crippen molar-refractivity contribution in [2.24, 2.45) is 0 Å². The van der Waals surface area contributed by atoms with E-state index in [-0.39, 0.29) is 35.5 Å². The first-order valence-electron chi connectivity index (χ1n) is 7.32. The highest BCUT2D eigenvalue weighted by molar-refractivity contribution is 6.32. The molecule has 0 unspecified atom stereocenters. The van der Waals surface area contributed by atoms with E-state index in [0.29, 0.717) is 16.8 Å². The largest absolute Gasteiger partial charge is 0.484 e. The van der Waals surface area contributed by atoms with Crippen molar-refractivity contribution >= 4 is 23.4 Å². The fourth-order valence-electron chi connectivity index (χ4n) is 2.38. The van der Waals surface area contributed by atoms with Gasteiger partial charge < -0.3 is 14.5 Å². The number of carbonyl (C=O) groups is 2. The lowest BCUT2D eigenvalue weighted by atomic mass is 10.1. The molecule has 1 aromatic heterocycles. The number of esters is 1. The van der Waals surface area contributed by atoms with E-state index < -0.39 is 11.8 Å². The summed E-state index contributed by atoms with van der Waals surface area (Å²) in [6.07, 6.45) is 0. The van der Waals surface area contributed by atoms with Crippen LogP contribution in [0, 0.1) is 19.7 Å². The fraction of sp³-hybridized carbons (Fsp3) is 0.294. The van der Waals surface area contributed by atoms with Crippen LogP contribution in [0.3, 0.4) is 0 Å². The Kier molecular flexibility index (Phi) is 5.62. The van der Waals surface area contributed by atoms with Gasteiger partial charge in [-0.3, -0.25) is 4.79 Å². The Morgan fingerprint density at radius 3 is 2.62 bits per heavy atom. The van der Waals surface area contributed by atoms with Gasteiger partial charge in [-0.15, -0.1) is 0 Å². The Hall–Kier alpha value is -2.34. The number of ketones is 1. The second kappa shape index (κ2) is 7.49. The highest BCUT2D eigenvalue weighted by Gasteiger charge is 2.23. The predicted octanol–water partition coefficient (Wildman–Crippen LogP) is 3.86. The number of aromatic nitrogens is 1. The summed E-state index contributed by atoms with van der Waals surface area (Å²) < 4.78 is 23.3. The molecule has 1 heterocycles. The number of H-pyrrole nitrogens is 1. The number of hydrogen-bond donors (Lipinski definition) is 1. The summed E-state index contributed by atoms with van der Waals surface area (Å²) in [6.45, 7) is 5.01. The lowest BCUT2D eigenvalue weighted by Gasteiger charge is -2.08. The van der Waals surface area contributed by atoms with E-state index in [1.165, 1.54) is 12.1 Å². The van der Waals surface area contributed by atoms with Gasteiger partial charge in [0.2, 0.25) is 5.78 Å². The van der Waals surface area contributed by atoms with Gasteiger partial charge in [0.15, 0.2) is 6.61 Å². The van der Waals surface area contributed by atoms with Gasteiger partial charge in [-0.1, -0.05) is 11.6 Å². The normalized spacial score (nSPS) is 10.5. The van der Waals surface area contributed by atoms with Crippen LogP contribution in [0.2, 0.25) is 5.02 Å². The number of rotatable bonds is 6. The van der Waals surface area contributed by atoms with E-state index in [1.54, 1.807) is 20.8 Å². The van der Waals surface area contributed by atoms with E-state index in [4.69, 9.17) is 21.1 Å². The second-order valence-electron chi connectivity index (χ2n) is 5.13. The van der Waals surface area contributed by atoms with Gasteiger partial charge in [-0.25, -0.2) is 9.18 Å². The molecule has 24 heavy (non-hydrogen) atoms. The zero-order valence-corrected chi connectivity index (χ0v) is 14.3. The number of Topliss-reactive ketones (excluding diaryl/α,β-unsaturated/α-hetero) is 1. The molecule has 2 rings (SSSR count). The number of nitrogens with one attached hydrogen (secondary N) is 1. The average molecular weight is 354 g/mol. The molecule has 0 spiro atoms. The van der Waals surface area contributed by atoms with Crippen molar-refractivity contribution in [1.82, 2.24) is 4.98 Å². The highest BCUT2D eigenvalue weighted by atomic mass is 35.5. The Morgan fingerprint density at radius 1 is 1.29 bits per heavy atom. The van der Waals surface area contributed by atoms with Crippen LogP contribution in [0.5, 0.6) is 5.75 Å². The predicted molar refractivity (Wildman–Crippen MR) is 87.5 cm³/mol. The van der Waals surface area contributed by atoms with E-state index >= 15 is 0 Å². The molecular formula is C17H17ClFNO4. The number of benzene rings is 1. The summed E-state index contributed by atoms with van der Waals surface area (Å²) in [5.41, 5.74) is 1.67. The molecule has 1 aromatic carbocycles. The van der Waals surface area contributed by atoms with Crippen LogP contribution < -0.4 is 4.74 Å². The molecule has 0 aliphatic heterocycles. The van der Waals surface area contributed by atoms with Gasteiger partial charge in [0, 0.05) is 11.3 Å². The Balaban J connectivity index is 2.16. The third-order valence-corrected chi connectivity index (χ3v) is 3.74. The molecular weight excluding hydrogens is 337 g/mol. The molecule has 0 bridgehead atoms. The minimum atomic E-state index is -0.514. The van der Waals surface area contributed by atoms with Crippen LogP contribution in [0.1, 0.15) is 39.0 Å². The maximum atomic E-state index is 13.0. The second-order valence-corrected chi connectivity index (χ2v) is 5.54. The molecule has 128 valence electrons. The van der Waals surface area contributed by atoms with Gasteiger partial charge in [-0.05, 0) is 44.5 Å². The van der Waals surface area contributed by atoms with Crippen molar-refractivity contribution in [2.45, 2.75) is 20.8 Å². The van der Waals surface area contributed by atoms with E-state index in [2.05, 4.69) is 4.98 Å². The van der Waals surface area contributed by atoms with Crippen molar-refractivity contribution in [3.63, 3.8) is 0 Å². The van der Waals surface area contributed by atoms with Crippen molar-refractivity contribution in [2.75, 3.05) is 13.2 Å². The van der Waals surface area contributed by atoms with Gasteiger partial charge in [0.1, 0.15) is 17.3 Å². The van der Waals surface area contributed by atoms with E-state index in [1.807, 2.05) is 0 Å². The maximum absolute atomic E-state index is 13.0. The summed E-state index contributed by atoms with van der Waals surface area (Å²) >= 11 is 5.86. The fourth-order valence-corrected chi connectivity index (χ4v) is 2.61. The molecule has 0 amide bonds. The molecule has 7 heteroatoms.